The maximum absolute atomic E-state index is 6.32. The van der Waals surface area contributed by atoms with Crippen LogP contribution in [0.4, 0.5) is 0 Å². The smallest absolute Gasteiger partial charge is 0.139 e. The molecule has 30 heavy (non-hydrogen) atoms. The number of hydrazine groups is 1. The molecule has 0 spiro atoms. The van der Waals surface area contributed by atoms with Crippen LogP contribution in [-0.4, -0.2) is 5.01 Å². The van der Waals surface area contributed by atoms with Crippen LogP contribution in [-0.2, 0) is 6.54 Å². The zero-order chi connectivity index (χ0) is 21.1. The van der Waals surface area contributed by atoms with Crippen molar-refractivity contribution in [3.63, 3.8) is 0 Å². The highest BCUT2D eigenvalue weighted by Gasteiger charge is 2.24. The molecule has 3 aromatic carbocycles. The van der Waals surface area contributed by atoms with Gasteiger partial charge in [0.05, 0.1) is 5.70 Å². The number of nitrogens with zero attached hydrogens (tertiary/aromatic N) is 1. The van der Waals surface area contributed by atoms with Gasteiger partial charge in [0, 0.05) is 24.0 Å². The molecule has 4 N–H and O–H groups in total. The Morgan fingerprint density at radius 3 is 2.50 bits per heavy atom. The van der Waals surface area contributed by atoms with Crippen molar-refractivity contribution < 1.29 is 0 Å². The Bertz CT molecular complexity index is 1100. The molecule has 4 nitrogen and oxygen atoms in total. The Labute approximate surface area is 178 Å². The van der Waals surface area contributed by atoms with Gasteiger partial charge in [0.2, 0.25) is 0 Å². The molecule has 0 bridgehead atoms. The van der Waals surface area contributed by atoms with E-state index in [1.807, 2.05) is 30.5 Å². The SMILES string of the molecule is C=C(NCc1cccc(C2NC(c3ccccc3C)=CN2N)c1)c1ccccc1C. The molecule has 1 aliphatic rings. The summed E-state index contributed by atoms with van der Waals surface area (Å²) in [5.41, 5.74) is 9.03. The third-order valence-electron chi connectivity index (χ3n) is 5.55. The Morgan fingerprint density at radius 2 is 1.73 bits per heavy atom. The number of hydrogen-bond donors (Lipinski definition) is 3. The first kappa shape index (κ1) is 19.8. The van der Waals surface area contributed by atoms with Gasteiger partial charge in [-0.15, -0.1) is 0 Å². The summed E-state index contributed by atoms with van der Waals surface area (Å²) in [5, 5.41) is 8.75. The van der Waals surface area contributed by atoms with Gasteiger partial charge in [-0.3, -0.25) is 5.01 Å². The molecule has 3 aromatic rings. The van der Waals surface area contributed by atoms with Crippen LogP contribution in [0.5, 0.6) is 0 Å². The molecule has 4 rings (SSSR count). The highest BCUT2D eigenvalue weighted by molar-refractivity contribution is 5.68. The van der Waals surface area contributed by atoms with Gasteiger partial charge in [0.1, 0.15) is 6.17 Å². The monoisotopic (exact) mass is 396 g/mol. The quantitative estimate of drug-likeness (QED) is 0.522. The minimum absolute atomic E-state index is 0.0980. The average Bonchev–Trinajstić information content (AvgIpc) is 3.14. The van der Waals surface area contributed by atoms with Crippen molar-refractivity contribution in [3.8, 4) is 0 Å². The molecule has 4 heteroatoms. The Morgan fingerprint density at radius 1 is 1.00 bits per heavy atom. The normalized spacial score (nSPS) is 15.5. The summed E-state index contributed by atoms with van der Waals surface area (Å²) in [7, 11) is 0. The van der Waals surface area contributed by atoms with Crippen LogP contribution in [0.3, 0.4) is 0 Å². The van der Waals surface area contributed by atoms with Crippen LogP contribution < -0.4 is 16.5 Å². The van der Waals surface area contributed by atoms with Crippen molar-refractivity contribution in [2.45, 2.75) is 26.6 Å². The molecule has 0 saturated heterocycles. The maximum Gasteiger partial charge on any atom is 0.139 e. The lowest BCUT2D eigenvalue weighted by Gasteiger charge is -2.22. The van der Waals surface area contributed by atoms with Gasteiger partial charge in [-0.05, 0) is 41.7 Å². The standard InChI is InChI=1S/C26H28N4/c1-18-9-4-6-13-23(18)20(3)28-16-21-11-8-12-22(15-21)26-29-25(17-30(26)27)24-14-7-5-10-19(24)2/h4-15,17,26,28-29H,3,16,27H2,1-2H3. The highest BCUT2D eigenvalue weighted by atomic mass is 15.5. The first-order valence-electron chi connectivity index (χ1n) is 10.2. The topological polar surface area (TPSA) is 53.3 Å². The van der Waals surface area contributed by atoms with Crippen LogP contribution in [0.25, 0.3) is 11.4 Å². The Hall–Kier alpha value is -3.50. The predicted octanol–water partition coefficient (Wildman–Crippen LogP) is 4.84. The first-order valence-corrected chi connectivity index (χ1v) is 10.2. The summed E-state index contributed by atoms with van der Waals surface area (Å²) in [6.45, 7) is 9.12. The minimum Gasteiger partial charge on any atom is -0.381 e. The van der Waals surface area contributed by atoms with E-state index in [9.17, 15) is 0 Å². The van der Waals surface area contributed by atoms with E-state index >= 15 is 0 Å². The van der Waals surface area contributed by atoms with E-state index in [1.165, 1.54) is 22.3 Å². The molecule has 0 aliphatic carbocycles. The van der Waals surface area contributed by atoms with Crippen LogP contribution in [0.15, 0.2) is 85.6 Å². The van der Waals surface area contributed by atoms with E-state index in [-0.39, 0.29) is 6.17 Å². The fourth-order valence-electron chi connectivity index (χ4n) is 3.85. The molecule has 0 saturated carbocycles. The van der Waals surface area contributed by atoms with Crippen molar-refractivity contribution in [3.05, 3.63) is 119 Å². The van der Waals surface area contributed by atoms with E-state index < -0.39 is 0 Å². The predicted molar refractivity (Wildman–Crippen MR) is 125 cm³/mol. The number of nitrogens with one attached hydrogen (secondary N) is 2. The van der Waals surface area contributed by atoms with E-state index in [0.717, 1.165) is 22.5 Å². The minimum atomic E-state index is -0.0980. The van der Waals surface area contributed by atoms with Crippen molar-refractivity contribution in [1.29, 1.82) is 0 Å². The van der Waals surface area contributed by atoms with Crippen molar-refractivity contribution in [1.82, 2.24) is 15.6 Å². The lowest BCUT2D eigenvalue weighted by Crippen LogP contribution is -2.32. The molecule has 0 radical (unpaired) electrons. The van der Waals surface area contributed by atoms with Crippen LogP contribution >= 0.6 is 0 Å². The third kappa shape index (κ3) is 4.09. The highest BCUT2D eigenvalue weighted by Crippen LogP contribution is 2.29. The van der Waals surface area contributed by atoms with Crippen LogP contribution in [0.1, 0.15) is 39.5 Å². The molecule has 1 heterocycles. The molecule has 152 valence electrons. The van der Waals surface area contributed by atoms with Gasteiger partial charge >= 0.3 is 0 Å². The lowest BCUT2D eigenvalue weighted by atomic mass is 10.1. The second-order valence-corrected chi connectivity index (χ2v) is 7.74. The molecule has 1 atom stereocenters. The molecule has 1 aliphatic heterocycles. The zero-order valence-corrected chi connectivity index (χ0v) is 17.5. The number of aryl methyl sites for hydroxylation is 2. The van der Waals surface area contributed by atoms with Gasteiger partial charge in [-0.2, -0.15) is 0 Å². The number of benzene rings is 3. The van der Waals surface area contributed by atoms with Crippen molar-refractivity contribution in [2.75, 3.05) is 0 Å². The molecular weight excluding hydrogens is 368 g/mol. The maximum atomic E-state index is 6.32. The van der Waals surface area contributed by atoms with E-state index in [2.05, 4.69) is 79.6 Å². The largest absolute Gasteiger partial charge is 0.381 e. The van der Waals surface area contributed by atoms with Gasteiger partial charge in [-0.1, -0.05) is 79.4 Å². The first-order chi connectivity index (χ1) is 14.5. The fraction of sp³-hybridized carbons (Fsp3) is 0.154. The van der Waals surface area contributed by atoms with E-state index in [1.54, 1.807) is 5.01 Å². The van der Waals surface area contributed by atoms with Gasteiger partial charge in [-0.25, -0.2) is 5.84 Å². The molecule has 0 aromatic heterocycles. The van der Waals surface area contributed by atoms with Gasteiger partial charge < -0.3 is 10.6 Å². The van der Waals surface area contributed by atoms with Crippen LogP contribution in [0, 0.1) is 13.8 Å². The zero-order valence-electron chi connectivity index (χ0n) is 17.5. The average molecular weight is 397 g/mol. The van der Waals surface area contributed by atoms with Crippen molar-refractivity contribution >= 4 is 11.4 Å². The van der Waals surface area contributed by atoms with E-state index in [0.29, 0.717) is 6.54 Å². The number of nitrogens with two attached hydrogens (primary N) is 1. The number of hydrogen-bond acceptors (Lipinski definition) is 4. The van der Waals surface area contributed by atoms with E-state index in [4.69, 9.17) is 5.84 Å². The third-order valence-corrected chi connectivity index (χ3v) is 5.55. The summed E-state index contributed by atoms with van der Waals surface area (Å²) in [6.07, 6.45) is 1.87. The Balaban J connectivity index is 1.46. The van der Waals surface area contributed by atoms with Gasteiger partial charge in [0.15, 0.2) is 0 Å². The Kier molecular flexibility index (Phi) is 5.59. The molecule has 0 fully saturated rings. The summed E-state index contributed by atoms with van der Waals surface area (Å²) < 4.78 is 0. The molecular formula is C26H28N4. The lowest BCUT2D eigenvalue weighted by molar-refractivity contribution is 0.294. The summed E-state index contributed by atoms with van der Waals surface area (Å²) in [6, 6.07) is 25.1. The van der Waals surface area contributed by atoms with Crippen molar-refractivity contribution in [2.24, 2.45) is 5.84 Å². The molecule has 1 unspecified atom stereocenters. The second-order valence-electron chi connectivity index (χ2n) is 7.74. The fourth-order valence-corrected chi connectivity index (χ4v) is 3.85. The second kappa shape index (κ2) is 8.47. The molecule has 0 amide bonds. The summed E-state index contributed by atoms with van der Waals surface area (Å²) >= 11 is 0. The summed E-state index contributed by atoms with van der Waals surface area (Å²) in [5.74, 6) is 6.32. The van der Waals surface area contributed by atoms with Crippen LogP contribution in [0.2, 0.25) is 0 Å². The summed E-state index contributed by atoms with van der Waals surface area (Å²) in [4.78, 5) is 0. The number of rotatable bonds is 6. The van der Waals surface area contributed by atoms with Gasteiger partial charge in [0.25, 0.3) is 0 Å².